The van der Waals surface area contributed by atoms with E-state index >= 15 is 0 Å². The average molecular weight is 282 g/mol. The number of hydrogen-bond acceptors (Lipinski definition) is 2. The van der Waals surface area contributed by atoms with Gasteiger partial charge in [0.15, 0.2) is 5.78 Å². The third-order valence-electron chi connectivity index (χ3n) is 3.49. The van der Waals surface area contributed by atoms with Crippen molar-refractivity contribution in [2.75, 3.05) is 0 Å². The Kier molecular flexibility index (Phi) is 3.77. The van der Waals surface area contributed by atoms with Crippen molar-refractivity contribution in [3.63, 3.8) is 0 Å². The lowest BCUT2D eigenvalue weighted by Crippen LogP contribution is -2.04. The van der Waals surface area contributed by atoms with Crippen molar-refractivity contribution in [2.45, 2.75) is 19.4 Å². The number of ketones is 1. The van der Waals surface area contributed by atoms with E-state index in [0.717, 1.165) is 10.9 Å². The Bertz CT molecular complexity index is 762. The zero-order valence-corrected chi connectivity index (χ0v) is 11.5. The van der Waals surface area contributed by atoms with Gasteiger partial charge >= 0.3 is 0 Å². The SMILES string of the molecule is O=C(CCCn1ncc2ccccc21)c1ccc(F)cc1. The molecule has 0 saturated heterocycles. The predicted molar refractivity (Wildman–Crippen MR) is 79.7 cm³/mol. The van der Waals surface area contributed by atoms with E-state index in [1.807, 2.05) is 35.1 Å². The number of rotatable bonds is 5. The minimum Gasteiger partial charge on any atom is -0.294 e. The molecule has 0 aliphatic heterocycles. The van der Waals surface area contributed by atoms with Crippen LogP contribution in [0.2, 0.25) is 0 Å². The van der Waals surface area contributed by atoms with Gasteiger partial charge in [-0.15, -0.1) is 0 Å². The molecule has 0 unspecified atom stereocenters. The maximum Gasteiger partial charge on any atom is 0.162 e. The molecular formula is C17H15FN2O. The van der Waals surface area contributed by atoms with Gasteiger partial charge in [-0.05, 0) is 36.8 Å². The maximum atomic E-state index is 12.8. The highest BCUT2D eigenvalue weighted by Crippen LogP contribution is 2.14. The Morgan fingerprint density at radius 2 is 1.86 bits per heavy atom. The van der Waals surface area contributed by atoms with E-state index < -0.39 is 0 Å². The summed E-state index contributed by atoms with van der Waals surface area (Å²) in [5.41, 5.74) is 1.63. The lowest BCUT2D eigenvalue weighted by molar-refractivity contribution is 0.0978. The number of para-hydroxylation sites is 1. The molecule has 0 aliphatic rings. The van der Waals surface area contributed by atoms with Crippen molar-refractivity contribution in [2.24, 2.45) is 0 Å². The van der Waals surface area contributed by atoms with Crippen LogP contribution in [0.25, 0.3) is 10.9 Å². The highest BCUT2D eigenvalue weighted by atomic mass is 19.1. The lowest BCUT2D eigenvalue weighted by Gasteiger charge is -2.04. The molecule has 0 fully saturated rings. The first-order valence-electron chi connectivity index (χ1n) is 6.93. The van der Waals surface area contributed by atoms with Crippen molar-refractivity contribution < 1.29 is 9.18 Å². The van der Waals surface area contributed by atoms with Crippen molar-refractivity contribution in [3.05, 3.63) is 66.1 Å². The van der Waals surface area contributed by atoms with E-state index in [4.69, 9.17) is 0 Å². The smallest absolute Gasteiger partial charge is 0.162 e. The summed E-state index contributed by atoms with van der Waals surface area (Å²) in [4.78, 5) is 12.0. The molecule has 1 heterocycles. The van der Waals surface area contributed by atoms with Gasteiger partial charge in [0.1, 0.15) is 5.82 Å². The first-order chi connectivity index (χ1) is 10.2. The van der Waals surface area contributed by atoms with Crippen LogP contribution < -0.4 is 0 Å². The third-order valence-corrected chi connectivity index (χ3v) is 3.49. The maximum absolute atomic E-state index is 12.8. The Morgan fingerprint density at radius 3 is 2.67 bits per heavy atom. The molecular weight excluding hydrogens is 267 g/mol. The van der Waals surface area contributed by atoms with Crippen LogP contribution in [-0.2, 0) is 6.54 Å². The zero-order chi connectivity index (χ0) is 14.7. The summed E-state index contributed by atoms with van der Waals surface area (Å²) in [6.07, 6.45) is 2.97. The summed E-state index contributed by atoms with van der Waals surface area (Å²) in [6.45, 7) is 0.695. The molecule has 0 spiro atoms. The lowest BCUT2D eigenvalue weighted by atomic mass is 10.1. The highest BCUT2D eigenvalue weighted by Gasteiger charge is 2.07. The number of halogens is 1. The number of aromatic nitrogens is 2. The van der Waals surface area contributed by atoms with Crippen molar-refractivity contribution in [3.8, 4) is 0 Å². The molecule has 3 aromatic rings. The van der Waals surface area contributed by atoms with E-state index in [1.54, 1.807) is 0 Å². The van der Waals surface area contributed by atoms with Gasteiger partial charge in [0.25, 0.3) is 0 Å². The molecule has 3 rings (SSSR count). The topological polar surface area (TPSA) is 34.9 Å². The molecule has 4 heteroatoms. The summed E-state index contributed by atoms with van der Waals surface area (Å²) < 4.78 is 14.7. The second-order valence-electron chi connectivity index (χ2n) is 4.96. The Labute approximate surface area is 122 Å². The normalized spacial score (nSPS) is 10.9. The Morgan fingerprint density at radius 1 is 1.10 bits per heavy atom. The van der Waals surface area contributed by atoms with Gasteiger partial charge in [-0.3, -0.25) is 9.48 Å². The average Bonchev–Trinajstić information content (AvgIpc) is 2.91. The van der Waals surface area contributed by atoms with Crippen LogP contribution in [0, 0.1) is 5.82 Å². The first-order valence-corrected chi connectivity index (χ1v) is 6.93. The van der Waals surface area contributed by atoms with Crippen LogP contribution in [0.15, 0.2) is 54.7 Å². The van der Waals surface area contributed by atoms with Gasteiger partial charge in [-0.1, -0.05) is 18.2 Å². The predicted octanol–water partition coefficient (Wildman–Crippen LogP) is 3.84. The molecule has 1 aromatic heterocycles. The summed E-state index contributed by atoms with van der Waals surface area (Å²) in [5, 5.41) is 5.43. The van der Waals surface area contributed by atoms with Crippen molar-refractivity contribution >= 4 is 16.7 Å². The summed E-state index contributed by atoms with van der Waals surface area (Å²) in [6, 6.07) is 13.7. The molecule has 2 aromatic carbocycles. The van der Waals surface area contributed by atoms with Crippen LogP contribution in [0.1, 0.15) is 23.2 Å². The van der Waals surface area contributed by atoms with Gasteiger partial charge in [0, 0.05) is 23.9 Å². The summed E-state index contributed by atoms with van der Waals surface area (Å²) >= 11 is 0. The minimum atomic E-state index is -0.324. The van der Waals surface area contributed by atoms with E-state index in [2.05, 4.69) is 5.10 Å². The van der Waals surface area contributed by atoms with Crippen LogP contribution >= 0.6 is 0 Å². The fourth-order valence-corrected chi connectivity index (χ4v) is 2.37. The Balaban J connectivity index is 1.61. The second-order valence-corrected chi connectivity index (χ2v) is 4.96. The van der Waals surface area contributed by atoms with E-state index in [-0.39, 0.29) is 11.6 Å². The number of Topliss-reactive ketones (excluding diaryl/α,β-unsaturated/α-hetero) is 1. The van der Waals surface area contributed by atoms with Gasteiger partial charge in [0.2, 0.25) is 0 Å². The highest BCUT2D eigenvalue weighted by molar-refractivity contribution is 5.95. The largest absolute Gasteiger partial charge is 0.294 e. The van der Waals surface area contributed by atoms with Crippen LogP contribution in [0.3, 0.4) is 0 Å². The fraction of sp³-hybridized carbons (Fsp3) is 0.176. The van der Waals surface area contributed by atoms with Crippen LogP contribution in [-0.4, -0.2) is 15.6 Å². The molecule has 0 amide bonds. The standard InChI is InChI=1S/C17H15FN2O/c18-15-9-7-13(8-10-15)17(21)6-3-11-20-16-5-2-1-4-14(16)12-19-20/h1-2,4-5,7-10,12H,3,6,11H2. The van der Waals surface area contributed by atoms with Gasteiger partial charge in [-0.25, -0.2) is 4.39 Å². The van der Waals surface area contributed by atoms with E-state index in [9.17, 15) is 9.18 Å². The quantitative estimate of drug-likeness (QED) is 0.666. The number of carbonyl (C=O) groups excluding carboxylic acids is 1. The molecule has 0 aliphatic carbocycles. The molecule has 0 bridgehead atoms. The number of nitrogens with zero attached hydrogens (tertiary/aromatic N) is 2. The molecule has 0 atom stereocenters. The molecule has 0 saturated carbocycles. The minimum absolute atomic E-state index is 0.0338. The fourth-order valence-electron chi connectivity index (χ4n) is 2.37. The van der Waals surface area contributed by atoms with Crippen LogP contribution in [0.4, 0.5) is 4.39 Å². The summed E-state index contributed by atoms with van der Waals surface area (Å²) in [5.74, 6) is -0.291. The second kappa shape index (κ2) is 5.87. The third kappa shape index (κ3) is 2.99. The number of carbonyl (C=O) groups is 1. The zero-order valence-electron chi connectivity index (χ0n) is 11.5. The van der Waals surface area contributed by atoms with E-state index in [1.165, 1.54) is 24.3 Å². The number of aryl methyl sites for hydroxylation is 1. The van der Waals surface area contributed by atoms with E-state index in [0.29, 0.717) is 24.9 Å². The molecule has 106 valence electrons. The molecule has 0 radical (unpaired) electrons. The van der Waals surface area contributed by atoms with Gasteiger partial charge in [-0.2, -0.15) is 5.10 Å². The molecule has 21 heavy (non-hydrogen) atoms. The first kappa shape index (κ1) is 13.5. The number of benzene rings is 2. The monoisotopic (exact) mass is 282 g/mol. The Hall–Kier alpha value is -2.49. The van der Waals surface area contributed by atoms with Gasteiger partial charge < -0.3 is 0 Å². The van der Waals surface area contributed by atoms with Gasteiger partial charge in [0.05, 0.1) is 11.7 Å². The number of fused-ring (bicyclic) bond motifs is 1. The van der Waals surface area contributed by atoms with Crippen molar-refractivity contribution in [1.82, 2.24) is 9.78 Å². The van der Waals surface area contributed by atoms with Crippen molar-refractivity contribution in [1.29, 1.82) is 0 Å². The summed E-state index contributed by atoms with van der Waals surface area (Å²) in [7, 11) is 0. The molecule has 3 nitrogen and oxygen atoms in total. The van der Waals surface area contributed by atoms with Crippen LogP contribution in [0.5, 0.6) is 0 Å². The molecule has 0 N–H and O–H groups in total. The number of hydrogen-bond donors (Lipinski definition) is 0.